The maximum Gasteiger partial charge on any atom is 0.0642 e. The minimum atomic E-state index is 0.677. The van der Waals surface area contributed by atoms with Crippen LogP contribution < -0.4 is 10.6 Å². The first-order valence-corrected chi connectivity index (χ1v) is 6.32. The highest BCUT2D eigenvalue weighted by Crippen LogP contribution is 2.33. The third-order valence-electron chi connectivity index (χ3n) is 3.22. The minimum Gasteiger partial charge on any atom is -0.370 e. The molecule has 1 aromatic carbocycles. The fourth-order valence-electron chi connectivity index (χ4n) is 2.41. The number of halogens is 1. The SMILES string of the molecule is CC1CCN(c2c(Cl)cccc2CCN)C1. The average Bonchev–Trinajstić information content (AvgIpc) is 2.65. The van der Waals surface area contributed by atoms with Gasteiger partial charge in [-0.1, -0.05) is 30.7 Å². The highest BCUT2D eigenvalue weighted by Gasteiger charge is 2.22. The molecule has 0 amide bonds. The van der Waals surface area contributed by atoms with Crippen LogP contribution in [0, 0.1) is 5.92 Å². The molecule has 1 heterocycles. The third kappa shape index (κ3) is 2.33. The van der Waals surface area contributed by atoms with E-state index in [1.807, 2.05) is 12.1 Å². The lowest BCUT2D eigenvalue weighted by molar-refractivity contribution is 0.659. The minimum absolute atomic E-state index is 0.677. The van der Waals surface area contributed by atoms with Gasteiger partial charge in [0.15, 0.2) is 0 Å². The Morgan fingerprint density at radius 1 is 1.50 bits per heavy atom. The average molecular weight is 239 g/mol. The summed E-state index contributed by atoms with van der Waals surface area (Å²) in [4.78, 5) is 2.40. The zero-order chi connectivity index (χ0) is 11.5. The van der Waals surface area contributed by atoms with Crippen molar-refractivity contribution in [1.29, 1.82) is 0 Å². The van der Waals surface area contributed by atoms with E-state index in [-0.39, 0.29) is 0 Å². The van der Waals surface area contributed by atoms with E-state index < -0.39 is 0 Å². The van der Waals surface area contributed by atoms with Gasteiger partial charge in [-0.15, -0.1) is 0 Å². The first kappa shape index (κ1) is 11.7. The Bertz CT molecular complexity index is 365. The van der Waals surface area contributed by atoms with Gasteiger partial charge in [0.25, 0.3) is 0 Å². The molecule has 2 N–H and O–H groups in total. The van der Waals surface area contributed by atoms with Gasteiger partial charge in [0, 0.05) is 13.1 Å². The molecule has 1 fully saturated rings. The fourth-order valence-corrected chi connectivity index (χ4v) is 2.72. The van der Waals surface area contributed by atoms with Crippen LogP contribution in [0.2, 0.25) is 5.02 Å². The first-order valence-electron chi connectivity index (χ1n) is 5.94. The van der Waals surface area contributed by atoms with Crippen LogP contribution in [0.5, 0.6) is 0 Å². The van der Waals surface area contributed by atoms with Crippen molar-refractivity contribution in [3.05, 3.63) is 28.8 Å². The topological polar surface area (TPSA) is 29.3 Å². The van der Waals surface area contributed by atoms with Crippen molar-refractivity contribution in [2.75, 3.05) is 24.5 Å². The molecule has 16 heavy (non-hydrogen) atoms. The van der Waals surface area contributed by atoms with Gasteiger partial charge in [0.1, 0.15) is 0 Å². The molecule has 1 atom stereocenters. The van der Waals surface area contributed by atoms with E-state index in [1.54, 1.807) is 0 Å². The molecular formula is C13H19ClN2. The predicted octanol–water partition coefficient (Wildman–Crippen LogP) is 2.69. The molecule has 0 aliphatic carbocycles. The second kappa shape index (κ2) is 5.07. The van der Waals surface area contributed by atoms with Crippen LogP contribution in [-0.2, 0) is 6.42 Å². The maximum absolute atomic E-state index is 6.31. The van der Waals surface area contributed by atoms with Crippen LogP contribution in [-0.4, -0.2) is 19.6 Å². The van der Waals surface area contributed by atoms with Gasteiger partial charge in [-0.2, -0.15) is 0 Å². The van der Waals surface area contributed by atoms with Crippen LogP contribution in [0.4, 0.5) is 5.69 Å². The van der Waals surface area contributed by atoms with Crippen molar-refractivity contribution in [2.45, 2.75) is 19.8 Å². The van der Waals surface area contributed by atoms with E-state index in [2.05, 4.69) is 17.9 Å². The Morgan fingerprint density at radius 3 is 2.94 bits per heavy atom. The Labute approximate surface area is 102 Å². The molecule has 0 radical (unpaired) electrons. The molecule has 2 rings (SSSR count). The molecule has 0 bridgehead atoms. The molecule has 0 spiro atoms. The first-order chi connectivity index (χ1) is 7.72. The normalized spacial score (nSPS) is 20.4. The lowest BCUT2D eigenvalue weighted by atomic mass is 10.1. The highest BCUT2D eigenvalue weighted by atomic mass is 35.5. The van der Waals surface area contributed by atoms with Crippen LogP contribution in [0.15, 0.2) is 18.2 Å². The molecule has 88 valence electrons. The summed E-state index contributed by atoms with van der Waals surface area (Å²) in [5.41, 5.74) is 8.13. The number of nitrogens with two attached hydrogens (primary N) is 1. The Morgan fingerprint density at radius 2 is 2.31 bits per heavy atom. The number of rotatable bonds is 3. The summed E-state index contributed by atoms with van der Waals surface area (Å²) in [5, 5.41) is 0.861. The summed E-state index contributed by atoms with van der Waals surface area (Å²) in [6.45, 7) is 5.19. The Balaban J connectivity index is 2.30. The molecule has 0 saturated carbocycles. The smallest absolute Gasteiger partial charge is 0.0642 e. The van der Waals surface area contributed by atoms with Crippen molar-refractivity contribution in [2.24, 2.45) is 11.7 Å². The van der Waals surface area contributed by atoms with E-state index in [4.69, 9.17) is 17.3 Å². The highest BCUT2D eigenvalue weighted by molar-refractivity contribution is 6.33. The summed E-state index contributed by atoms with van der Waals surface area (Å²) in [5.74, 6) is 0.766. The van der Waals surface area contributed by atoms with Gasteiger partial charge in [0.05, 0.1) is 10.7 Å². The third-order valence-corrected chi connectivity index (χ3v) is 3.53. The summed E-state index contributed by atoms with van der Waals surface area (Å²) in [7, 11) is 0. The molecule has 1 saturated heterocycles. The van der Waals surface area contributed by atoms with Gasteiger partial charge < -0.3 is 10.6 Å². The van der Waals surface area contributed by atoms with Crippen molar-refractivity contribution in [3.63, 3.8) is 0 Å². The summed E-state index contributed by atoms with van der Waals surface area (Å²) < 4.78 is 0. The summed E-state index contributed by atoms with van der Waals surface area (Å²) in [6.07, 6.45) is 2.16. The Hall–Kier alpha value is -0.730. The zero-order valence-electron chi connectivity index (χ0n) is 9.75. The van der Waals surface area contributed by atoms with E-state index in [0.29, 0.717) is 6.54 Å². The van der Waals surface area contributed by atoms with Crippen molar-refractivity contribution in [3.8, 4) is 0 Å². The van der Waals surface area contributed by atoms with Crippen molar-refractivity contribution in [1.82, 2.24) is 0 Å². The van der Waals surface area contributed by atoms with Crippen molar-refractivity contribution >= 4 is 17.3 Å². The number of anilines is 1. The molecule has 1 aromatic rings. The van der Waals surface area contributed by atoms with Crippen LogP contribution in [0.3, 0.4) is 0 Å². The fraction of sp³-hybridized carbons (Fsp3) is 0.538. The molecule has 1 aliphatic heterocycles. The van der Waals surface area contributed by atoms with Gasteiger partial charge >= 0.3 is 0 Å². The van der Waals surface area contributed by atoms with E-state index in [0.717, 1.165) is 30.5 Å². The molecular weight excluding hydrogens is 220 g/mol. The lowest BCUT2D eigenvalue weighted by Gasteiger charge is -2.23. The molecule has 2 nitrogen and oxygen atoms in total. The van der Waals surface area contributed by atoms with Crippen LogP contribution >= 0.6 is 11.6 Å². The summed E-state index contributed by atoms with van der Waals surface area (Å²) in [6, 6.07) is 6.12. The largest absolute Gasteiger partial charge is 0.370 e. The van der Waals surface area contributed by atoms with E-state index >= 15 is 0 Å². The second-order valence-corrected chi connectivity index (χ2v) is 5.03. The van der Waals surface area contributed by atoms with E-state index in [9.17, 15) is 0 Å². The Kier molecular flexibility index (Phi) is 3.72. The van der Waals surface area contributed by atoms with Gasteiger partial charge in [-0.3, -0.25) is 0 Å². The second-order valence-electron chi connectivity index (χ2n) is 4.63. The number of para-hydroxylation sites is 1. The van der Waals surface area contributed by atoms with Gasteiger partial charge in [0.2, 0.25) is 0 Å². The van der Waals surface area contributed by atoms with E-state index in [1.165, 1.54) is 17.7 Å². The predicted molar refractivity (Wildman–Crippen MR) is 70.2 cm³/mol. The maximum atomic E-state index is 6.31. The molecule has 1 aliphatic rings. The van der Waals surface area contributed by atoms with Crippen LogP contribution in [0.1, 0.15) is 18.9 Å². The molecule has 3 heteroatoms. The number of nitrogens with zero attached hydrogens (tertiary/aromatic N) is 1. The van der Waals surface area contributed by atoms with Crippen LogP contribution in [0.25, 0.3) is 0 Å². The lowest BCUT2D eigenvalue weighted by Crippen LogP contribution is -2.21. The van der Waals surface area contributed by atoms with Gasteiger partial charge in [-0.05, 0) is 36.9 Å². The number of hydrogen-bond acceptors (Lipinski definition) is 2. The van der Waals surface area contributed by atoms with Crippen molar-refractivity contribution < 1.29 is 0 Å². The molecule has 0 aromatic heterocycles. The standard InChI is InChI=1S/C13H19ClN2/c1-10-6-8-16(9-10)13-11(5-7-15)3-2-4-12(13)14/h2-4,10H,5-9,15H2,1H3. The summed E-state index contributed by atoms with van der Waals surface area (Å²) >= 11 is 6.31. The quantitative estimate of drug-likeness (QED) is 0.878. The monoisotopic (exact) mass is 238 g/mol. The number of benzene rings is 1. The zero-order valence-corrected chi connectivity index (χ0v) is 10.5. The molecule has 1 unspecified atom stereocenters. The number of hydrogen-bond donors (Lipinski definition) is 1. The van der Waals surface area contributed by atoms with Gasteiger partial charge in [-0.25, -0.2) is 0 Å².